The Morgan fingerprint density at radius 1 is 1.31 bits per heavy atom. The molecule has 0 aliphatic carbocycles. The van der Waals surface area contributed by atoms with Crippen LogP contribution in [0.3, 0.4) is 0 Å². The topological polar surface area (TPSA) is 46.2 Å². The molecule has 2 saturated heterocycles. The Morgan fingerprint density at radius 2 is 2.00 bits per heavy atom. The maximum absolute atomic E-state index is 12.8. The lowest BCUT2D eigenvalue weighted by molar-refractivity contribution is 0.443. The molecular weight excluding hydrogens is 229 g/mol. The van der Waals surface area contributed by atoms with Crippen LogP contribution in [-0.4, -0.2) is 32.5 Å². The van der Waals surface area contributed by atoms with Crippen LogP contribution in [0.2, 0.25) is 0 Å². The molecule has 0 saturated carbocycles. The van der Waals surface area contributed by atoms with Crippen LogP contribution in [-0.2, 0) is 15.3 Å². The number of fused-ring (bicyclic) bond motifs is 1. The summed E-state index contributed by atoms with van der Waals surface area (Å²) in [6, 6.07) is 6.18. The number of sulfone groups is 1. The predicted octanol–water partition coefficient (Wildman–Crippen LogP) is 0.464. The minimum absolute atomic E-state index is 0.184. The van der Waals surface area contributed by atoms with Gasteiger partial charge in [-0.25, -0.2) is 12.8 Å². The molecule has 0 amide bonds. The summed E-state index contributed by atoms with van der Waals surface area (Å²) in [5.74, 6) is -0.103. The maximum atomic E-state index is 12.8. The van der Waals surface area contributed by atoms with Gasteiger partial charge >= 0.3 is 0 Å². The highest BCUT2D eigenvalue weighted by Gasteiger charge is 2.61. The molecule has 2 aliphatic rings. The average molecular weight is 241 g/mol. The molecule has 2 fully saturated rings. The first-order valence-corrected chi connectivity index (χ1v) is 6.94. The van der Waals surface area contributed by atoms with E-state index in [0.29, 0.717) is 13.1 Å². The first kappa shape index (κ1) is 10.2. The normalized spacial score (nSPS) is 35.4. The van der Waals surface area contributed by atoms with Crippen LogP contribution in [0.4, 0.5) is 4.39 Å². The van der Waals surface area contributed by atoms with Gasteiger partial charge in [-0.15, -0.1) is 0 Å². The molecule has 2 aliphatic heterocycles. The fourth-order valence-electron chi connectivity index (χ4n) is 2.86. The van der Waals surface area contributed by atoms with Crippen LogP contribution in [0.1, 0.15) is 5.56 Å². The smallest absolute Gasteiger partial charge is 0.156 e. The van der Waals surface area contributed by atoms with Crippen molar-refractivity contribution in [2.45, 2.75) is 10.7 Å². The highest BCUT2D eigenvalue weighted by atomic mass is 32.2. The van der Waals surface area contributed by atoms with Crippen molar-refractivity contribution in [1.82, 2.24) is 5.32 Å². The van der Waals surface area contributed by atoms with Gasteiger partial charge in [0.05, 0.1) is 11.0 Å². The third-order valence-electron chi connectivity index (χ3n) is 3.70. The Bertz CT molecular complexity index is 525. The van der Waals surface area contributed by atoms with E-state index in [9.17, 15) is 12.8 Å². The lowest BCUT2D eigenvalue weighted by Crippen LogP contribution is -2.59. The van der Waals surface area contributed by atoms with Crippen LogP contribution in [0.15, 0.2) is 24.3 Å². The largest absolute Gasteiger partial charge is 0.314 e. The monoisotopic (exact) mass is 241 g/mol. The Hall–Kier alpha value is -0.940. The second-order valence-corrected chi connectivity index (χ2v) is 6.77. The van der Waals surface area contributed by atoms with E-state index in [0.717, 1.165) is 5.56 Å². The molecule has 0 spiro atoms. The van der Waals surface area contributed by atoms with Crippen LogP contribution >= 0.6 is 0 Å². The van der Waals surface area contributed by atoms with E-state index in [2.05, 4.69) is 5.32 Å². The molecule has 0 aromatic heterocycles. The van der Waals surface area contributed by atoms with E-state index in [4.69, 9.17) is 0 Å². The Labute approximate surface area is 93.6 Å². The zero-order chi connectivity index (χ0) is 11.4. The molecule has 3 nitrogen and oxygen atoms in total. The zero-order valence-corrected chi connectivity index (χ0v) is 9.43. The molecule has 2 heterocycles. The van der Waals surface area contributed by atoms with Crippen LogP contribution < -0.4 is 5.32 Å². The minimum Gasteiger partial charge on any atom is -0.314 e. The van der Waals surface area contributed by atoms with Gasteiger partial charge in [-0.05, 0) is 17.7 Å². The van der Waals surface area contributed by atoms with Gasteiger partial charge in [-0.2, -0.15) is 0 Å². The number of hydrogen-bond acceptors (Lipinski definition) is 3. The van der Waals surface area contributed by atoms with E-state index in [-0.39, 0.29) is 22.2 Å². The second kappa shape index (κ2) is 3.05. The van der Waals surface area contributed by atoms with Crippen LogP contribution in [0.5, 0.6) is 0 Å². The highest BCUT2D eigenvalue weighted by molar-refractivity contribution is 7.93. The molecule has 0 unspecified atom stereocenters. The zero-order valence-electron chi connectivity index (χ0n) is 8.61. The van der Waals surface area contributed by atoms with Gasteiger partial charge in [0.15, 0.2) is 9.84 Å². The average Bonchev–Trinajstić information content (AvgIpc) is 2.59. The minimum atomic E-state index is -2.93. The summed E-state index contributed by atoms with van der Waals surface area (Å²) in [6.07, 6.45) is 0. The lowest BCUT2D eigenvalue weighted by Gasteiger charge is -2.43. The van der Waals surface area contributed by atoms with Gasteiger partial charge in [0.25, 0.3) is 0 Å². The van der Waals surface area contributed by atoms with Crippen molar-refractivity contribution < 1.29 is 12.8 Å². The number of benzene rings is 1. The van der Waals surface area contributed by atoms with Crippen molar-refractivity contribution in [3.8, 4) is 0 Å². The first-order valence-electron chi connectivity index (χ1n) is 5.23. The van der Waals surface area contributed by atoms with E-state index in [1.165, 1.54) is 12.1 Å². The van der Waals surface area contributed by atoms with Crippen molar-refractivity contribution in [3.63, 3.8) is 0 Å². The van der Waals surface area contributed by atoms with Gasteiger partial charge in [-0.1, -0.05) is 12.1 Å². The first-order chi connectivity index (χ1) is 7.55. The summed E-state index contributed by atoms with van der Waals surface area (Å²) >= 11 is 0. The maximum Gasteiger partial charge on any atom is 0.156 e. The number of hydrogen-bond donors (Lipinski definition) is 1. The van der Waals surface area contributed by atoms with Crippen molar-refractivity contribution >= 4 is 9.84 Å². The molecule has 16 heavy (non-hydrogen) atoms. The summed E-state index contributed by atoms with van der Waals surface area (Å²) in [5, 5.41) is 2.79. The molecule has 1 N–H and O–H groups in total. The summed E-state index contributed by atoms with van der Waals surface area (Å²) in [6.45, 7) is 1.18. The molecule has 1 aromatic rings. The third-order valence-corrected chi connectivity index (χ3v) is 6.10. The van der Waals surface area contributed by atoms with E-state index in [1.807, 2.05) is 0 Å². The molecular formula is C11H12FNO2S. The Balaban J connectivity index is 2.04. The Morgan fingerprint density at radius 3 is 2.62 bits per heavy atom. The lowest BCUT2D eigenvalue weighted by atomic mass is 9.80. The van der Waals surface area contributed by atoms with Crippen molar-refractivity contribution in [1.29, 1.82) is 0 Å². The highest BCUT2D eigenvalue weighted by Crippen LogP contribution is 2.45. The van der Waals surface area contributed by atoms with Crippen molar-refractivity contribution in [3.05, 3.63) is 35.6 Å². The molecule has 3 rings (SSSR count). The third kappa shape index (κ3) is 1.18. The number of nitrogens with one attached hydrogen (secondary N) is 1. The van der Waals surface area contributed by atoms with Gasteiger partial charge in [0, 0.05) is 18.5 Å². The second-order valence-electron chi connectivity index (χ2n) is 4.59. The van der Waals surface area contributed by atoms with Crippen molar-refractivity contribution in [2.24, 2.45) is 0 Å². The molecule has 86 valence electrons. The summed E-state index contributed by atoms with van der Waals surface area (Å²) in [7, 11) is -2.93. The van der Waals surface area contributed by atoms with E-state index >= 15 is 0 Å². The standard InChI is InChI=1S/C11H12FNO2S/c12-9-3-1-8(2-4-9)11-6-13-5-10(11)16(14,15)7-11/h1-4,10,13H,5-7H2/t10-,11-/m1/s1. The van der Waals surface area contributed by atoms with E-state index in [1.54, 1.807) is 12.1 Å². The number of halogens is 1. The predicted molar refractivity (Wildman–Crippen MR) is 58.5 cm³/mol. The summed E-state index contributed by atoms with van der Waals surface area (Å²) < 4.78 is 36.1. The van der Waals surface area contributed by atoms with Gasteiger partial charge in [-0.3, -0.25) is 0 Å². The summed E-state index contributed by atoms with van der Waals surface area (Å²) in [5.41, 5.74) is 0.616. The molecule has 2 atom stereocenters. The van der Waals surface area contributed by atoms with Gasteiger partial charge in [0.2, 0.25) is 0 Å². The van der Waals surface area contributed by atoms with Crippen LogP contribution in [0.25, 0.3) is 0 Å². The molecule has 0 radical (unpaired) electrons. The molecule has 0 bridgehead atoms. The van der Waals surface area contributed by atoms with Gasteiger partial charge < -0.3 is 5.32 Å². The van der Waals surface area contributed by atoms with Gasteiger partial charge in [0.1, 0.15) is 5.82 Å². The van der Waals surface area contributed by atoms with Crippen LogP contribution in [0, 0.1) is 5.82 Å². The number of rotatable bonds is 1. The molecule has 1 aromatic carbocycles. The van der Waals surface area contributed by atoms with E-state index < -0.39 is 9.84 Å². The SMILES string of the molecule is O=S1(=O)C[C@@]2(c3ccc(F)cc3)CNC[C@H]21. The Kier molecular flexibility index (Phi) is 1.95. The fourth-order valence-corrected chi connectivity index (χ4v) is 5.32. The van der Waals surface area contributed by atoms with Crippen molar-refractivity contribution in [2.75, 3.05) is 18.8 Å². The fraction of sp³-hybridized carbons (Fsp3) is 0.455. The molecule has 5 heteroatoms. The quantitative estimate of drug-likeness (QED) is 0.777. The summed E-state index contributed by atoms with van der Waals surface area (Å²) in [4.78, 5) is 0.